The van der Waals surface area contributed by atoms with E-state index in [1.54, 1.807) is 4.90 Å². The van der Waals surface area contributed by atoms with Crippen molar-refractivity contribution in [3.8, 4) is 0 Å². The van der Waals surface area contributed by atoms with Crippen molar-refractivity contribution in [3.63, 3.8) is 0 Å². The number of likely N-dealkylation sites (tertiary alicyclic amines) is 2. The van der Waals surface area contributed by atoms with Crippen LogP contribution in [0.1, 0.15) is 43.6 Å². The van der Waals surface area contributed by atoms with E-state index in [0.29, 0.717) is 12.3 Å². The summed E-state index contributed by atoms with van der Waals surface area (Å²) in [6.45, 7) is 2.44. The molecule has 2 saturated heterocycles. The molecule has 124 valence electrons. The molecule has 2 fully saturated rings. The molecule has 1 aromatic rings. The van der Waals surface area contributed by atoms with E-state index in [1.165, 1.54) is 5.56 Å². The molecule has 4 nitrogen and oxygen atoms in total. The van der Waals surface area contributed by atoms with Crippen LogP contribution in [0.15, 0.2) is 24.3 Å². The topological polar surface area (TPSA) is 40.6 Å². The molecule has 5 heteroatoms. The normalized spacial score (nSPS) is 22.3. The second-order valence-corrected chi connectivity index (χ2v) is 6.94. The molecule has 0 bridgehead atoms. The van der Waals surface area contributed by atoms with E-state index in [9.17, 15) is 9.59 Å². The van der Waals surface area contributed by atoms with E-state index < -0.39 is 0 Å². The van der Waals surface area contributed by atoms with Crippen LogP contribution in [0.2, 0.25) is 5.02 Å². The number of nitrogens with zero attached hydrogens (tertiary/aromatic N) is 2. The molecule has 0 aromatic heterocycles. The van der Waals surface area contributed by atoms with Gasteiger partial charge in [-0.05, 0) is 37.0 Å². The molecule has 2 amide bonds. The fraction of sp³-hybridized carbons (Fsp3) is 0.556. The quantitative estimate of drug-likeness (QED) is 0.852. The number of amides is 2. The van der Waals surface area contributed by atoms with Gasteiger partial charge in [0, 0.05) is 37.0 Å². The summed E-state index contributed by atoms with van der Waals surface area (Å²) in [7, 11) is 0. The Kier molecular flexibility index (Phi) is 5.21. The van der Waals surface area contributed by atoms with Gasteiger partial charge in [-0.25, -0.2) is 0 Å². The standard InChI is InChI=1S/C18H23ClN2O2/c19-16-6-4-5-14(11-16)15-8-10-21(12-15)18(23)13-20-9-3-1-2-7-17(20)22/h4-6,11,15H,1-3,7-10,12-13H2/t15-/m0/s1. The van der Waals surface area contributed by atoms with E-state index in [0.717, 1.165) is 50.3 Å². The highest BCUT2D eigenvalue weighted by Gasteiger charge is 2.29. The Morgan fingerprint density at radius 3 is 2.91 bits per heavy atom. The van der Waals surface area contributed by atoms with Crippen molar-refractivity contribution in [1.29, 1.82) is 0 Å². The zero-order valence-corrected chi connectivity index (χ0v) is 14.1. The van der Waals surface area contributed by atoms with Crippen LogP contribution >= 0.6 is 11.6 Å². The van der Waals surface area contributed by atoms with Gasteiger partial charge in [0.15, 0.2) is 0 Å². The molecule has 23 heavy (non-hydrogen) atoms. The molecule has 1 aromatic carbocycles. The molecule has 0 N–H and O–H groups in total. The van der Waals surface area contributed by atoms with Gasteiger partial charge in [0.2, 0.25) is 11.8 Å². The summed E-state index contributed by atoms with van der Waals surface area (Å²) >= 11 is 6.06. The van der Waals surface area contributed by atoms with Crippen LogP contribution in [-0.2, 0) is 9.59 Å². The third kappa shape index (κ3) is 4.05. The molecule has 2 heterocycles. The summed E-state index contributed by atoms with van der Waals surface area (Å²) in [5.41, 5.74) is 1.19. The minimum Gasteiger partial charge on any atom is -0.341 e. The highest BCUT2D eigenvalue weighted by atomic mass is 35.5. The summed E-state index contributed by atoms with van der Waals surface area (Å²) in [5.74, 6) is 0.545. The van der Waals surface area contributed by atoms with E-state index in [1.807, 2.05) is 23.1 Å². The maximum absolute atomic E-state index is 12.5. The number of hydrogen-bond acceptors (Lipinski definition) is 2. The van der Waals surface area contributed by atoms with Crippen LogP contribution in [-0.4, -0.2) is 47.8 Å². The maximum Gasteiger partial charge on any atom is 0.242 e. The highest BCUT2D eigenvalue weighted by molar-refractivity contribution is 6.30. The lowest BCUT2D eigenvalue weighted by molar-refractivity contribution is -0.139. The molecular weight excluding hydrogens is 312 g/mol. The molecule has 0 spiro atoms. The van der Waals surface area contributed by atoms with Crippen molar-refractivity contribution >= 4 is 23.4 Å². The van der Waals surface area contributed by atoms with Crippen LogP contribution in [0.4, 0.5) is 0 Å². The fourth-order valence-electron chi connectivity index (χ4n) is 3.49. The lowest BCUT2D eigenvalue weighted by atomic mass is 9.99. The van der Waals surface area contributed by atoms with Gasteiger partial charge in [-0.15, -0.1) is 0 Å². The highest BCUT2D eigenvalue weighted by Crippen LogP contribution is 2.28. The molecular formula is C18H23ClN2O2. The average Bonchev–Trinajstić information content (AvgIpc) is 2.95. The van der Waals surface area contributed by atoms with E-state index >= 15 is 0 Å². The summed E-state index contributed by atoms with van der Waals surface area (Å²) < 4.78 is 0. The molecule has 0 saturated carbocycles. The Labute approximate surface area is 142 Å². The van der Waals surface area contributed by atoms with Gasteiger partial charge in [-0.2, -0.15) is 0 Å². The SMILES string of the molecule is O=C1CCCCCN1CC(=O)N1CC[C@H](c2cccc(Cl)c2)C1. The zero-order chi connectivity index (χ0) is 16.2. The number of rotatable bonds is 3. The van der Waals surface area contributed by atoms with Crippen LogP contribution < -0.4 is 0 Å². The van der Waals surface area contributed by atoms with Crippen molar-refractivity contribution in [1.82, 2.24) is 9.80 Å². The van der Waals surface area contributed by atoms with Gasteiger partial charge in [-0.3, -0.25) is 9.59 Å². The fourth-order valence-corrected chi connectivity index (χ4v) is 3.69. The third-order valence-electron chi connectivity index (χ3n) is 4.86. The number of hydrogen-bond donors (Lipinski definition) is 0. The van der Waals surface area contributed by atoms with Gasteiger partial charge in [0.1, 0.15) is 0 Å². The first kappa shape index (κ1) is 16.3. The van der Waals surface area contributed by atoms with Gasteiger partial charge >= 0.3 is 0 Å². The van der Waals surface area contributed by atoms with E-state index in [4.69, 9.17) is 11.6 Å². The van der Waals surface area contributed by atoms with Crippen molar-refractivity contribution in [2.45, 2.75) is 38.0 Å². The Bertz CT molecular complexity index is 590. The first-order chi connectivity index (χ1) is 11.1. The zero-order valence-electron chi connectivity index (χ0n) is 13.3. The van der Waals surface area contributed by atoms with E-state index in [2.05, 4.69) is 6.07 Å². The van der Waals surface area contributed by atoms with Gasteiger partial charge < -0.3 is 9.80 Å². The second kappa shape index (κ2) is 7.35. The van der Waals surface area contributed by atoms with Crippen LogP contribution in [0.25, 0.3) is 0 Å². The molecule has 0 radical (unpaired) electrons. The summed E-state index contributed by atoms with van der Waals surface area (Å²) in [5, 5.41) is 0.738. The van der Waals surface area contributed by atoms with Gasteiger partial charge in [0.05, 0.1) is 6.54 Å². The predicted octanol–water partition coefficient (Wildman–Crippen LogP) is 3.06. The molecule has 0 aliphatic carbocycles. The largest absolute Gasteiger partial charge is 0.341 e. The number of halogens is 1. The molecule has 1 atom stereocenters. The van der Waals surface area contributed by atoms with Gasteiger partial charge in [0.25, 0.3) is 0 Å². The maximum atomic E-state index is 12.5. The average molecular weight is 335 g/mol. The summed E-state index contributed by atoms with van der Waals surface area (Å²) in [6.07, 6.45) is 4.57. The van der Waals surface area contributed by atoms with Crippen LogP contribution in [0.3, 0.4) is 0 Å². The second-order valence-electron chi connectivity index (χ2n) is 6.51. The Morgan fingerprint density at radius 2 is 2.09 bits per heavy atom. The Morgan fingerprint density at radius 1 is 1.22 bits per heavy atom. The number of benzene rings is 1. The monoisotopic (exact) mass is 334 g/mol. The predicted molar refractivity (Wildman–Crippen MR) is 90.4 cm³/mol. The van der Waals surface area contributed by atoms with Crippen molar-refractivity contribution in [2.24, 2.45) is 0 Å². The van der Waals surface area contributed by atoms with E-state index in [-0.39, 0.29) is 18.4 Å². The molecule has 3 rings (SSSR count). The lowest BCUT2D eigenvalue weighted by Gasteiger charge is -2.24. The molecule has 2 aliphatic rings. The van der Waals surface area contributed by atoms with Crippen LogP contribution in [0.5, 0.6) is 0 Å². The Balaban J connectivity index is 1.58. The van der Waals surface area contributed by atoms with Gasteiger partial charge in [-0.1, -0.05) is 30.2 Å². The minimum absolute atomic E-state index is 0.0739. The smallest absolute Gasteiger partial charge is 0.242 e. The van der Waals surface area contributed by atoms with Crippen LogP contribution in [0, 0.1) is 0 Å². The molecule has 2 aliphatic heterocycles. The Hall–Kier alpha value is -1.55. The first-order valence-electron chi connectivity index (χ1n) is 8.44. The first-order valence-corrected chi connectivity index (χ1v) is 8.82. The van der Waals surface area contributed by atoms with Crippen molar-refractivity contribution < 1.29 is 9.59 Å². The summed E-state index contributed by atoms with van der Waals surface area (Å²) in [4.78, 5) is 28.2. The number of carbonyl (C=O) groups excluding carboxylic acids is 2. The number of carbonyl (C=O) groups is 2. The van der Waals surface area contributed by atoms with Crippen molar-refractivity contribution in [2.75, 3.05) is 26.2 Å². The molecule has 0 unspecified atom stereocenters. The third-order valence-corrected chi connectivity index (χ3v) is 5.09. The minimum atomic E-state index is 0.0739. The van der Waals surface area contributed by atoms with Crippen molar-refractivity contribution in [3.05, 3.63) is 34.9 Å². The summed E-state index contributed by atoms with van der Waals surface area (Å²) in [6, 6.07) is 7.88. The lowest BCUT2D eigenvalue weighted by Crippen LogP contribution is -2.41.